The van der Waals surface area contributed by atoms with Crippen molar-refractivity contribution in [2.75, 3.05) is 11.1 Å². The first-order valence-corrected chi connectivity index (χ1v) is 8.66. The van der Waals surface area contributed by atoms with E-state index in [1.807, 2.05) is 31.2 Å². The van der Waals surface area contributed by atoms with Gasteiger partial charge >= 0.3 is 0 Å². The second kappa shape index (κ2) is 6.98. The number of nitriles is 1. The van der Waals surface area contributed by atoms with E-state index in [4.69, 9.17) is 17.3 Å². The maximum atomic E-state index is 12.7. The predicted molar refractivity (Wildman–Crippen MR) is 103 cm³/mol. The van der Waals surface area contributed by atoms with Crippen LogP contribution < -0.4 is 11.1 Å². The van der Waals surface area contributed by atoms with Crippen LogP contribution in [0.4, 0.5) is 16.4 Å². The Bertz CT molecular complexity index is 987. The second-order valence-corrected chi connectivity index (χ2v) is 6.89. The number of anilines is 3. The number of carbonyl (C=O) groups excluding carboxylic acids is 1. The van der Waals surface area contributed by atoms with Gasteiger partial charge in [-0.1, -0.05) is 29.8 Å². The third-order valence-corrected chi connectivity index (χ3v) is 5.13. The maximum absolute atomic E-state index is 12.7. The summed E-state index contributed by atoms with van der Waals surface area (Å²) in [6.45, 7) is 1.96. The third kappa shape index (κ3) is 3.36. The van der Waals surface area contributed by atoms with Gasteiger partial charge in [-0.25, -0.2) is 0 Å². The van der Waals surface area contributed by atoms with Crippen LogP contribution in [-0.4, -0.2) is 5.78 Å². The van der Waals surface area contributed by atoms with Crippen LogP contribution in [-0.2, 0) is 0 Å². The highest BCUT2D eigenvalue weighted by Gasteiger charge is 2.22. The fourth-order valence-electron chi connectivity index (χ4n) is 2.38. The summed E-state index contributed by atoms with van der Waals surface area (Å²) in [5.41, 5.74) is 8.93. The standard InChI is InChI=1S/C19H14ClN3OS/c1-11-4-2-3-5-15(11)23-19-14(10-21)16(22)18(25-19)17(24)12-6-8-13(20)9-7-12/h2-9,23H,22H2,1H3. The Morgan fingerprint density at radius 3 is 2.52 bits per heavy atom. The molecule has 0 radical (unpaired) electrons. The van der Waals surface area contributed by atoms with Gasteiger partial charge in [-0.2, -0.15) is 5.26 Å². The van der Waals surface area contributed by atoms with Gasteiger partial charge in [-0.3, -0.25) is 4.79 Å². The van der Waals surface area contributed by atoms with Crippen molar-refractivity contribution in [1.29, 1.82) is 5.26 Å². The number of hydrogen-bond donors (Lipinski definition) is 2. The molecule has 0 fully saturated rings. The Kier molecular flexibility index (Phi) is 4.75. The van der Waals surface area contributed by atoms with Crippen LogP contribution in [0.5, 0.6) is 0 Å². The number of hydrogen-bond acceptors (Lipinski definition) is 5. The summed E-state index contributed by atoms with van der Waals surface area (Å²) in [7, 11) is 0. The molecule has 1 aromatic heterocycles. The highest BCUT2D eigenvalue weighted by Crippen LogP contribution is 2.38. The number of halogens is 1. The fourth-order valence-corrected chi connectivity index (χ4v) is 3.55. The van der Waals surface area contributed by atoms with E-state index < -0.39 is 0 Å². The molecular weight excluding hydrogens is 354 g/mol. The van der Waals surface area contributed by atoms with Crippen molar-refractivity contribution < 1.29 is 4.79 Å². The molecule has 0 aliphatic rings. The smallest absolute Gasteiger partial charge is 0.205 e. The summed E-state index contributed by atoms with van der Waals surface area (Å²) >= 11 is 7.04. The number of carbonyl (C=O) groups is 1. The Hall–Kier alpha value is -2.81. The normalized spacial score (nSPS) is 10.3. The average Bonchev–Trinajstić information content (AvgIpc) is 2.92. The van der Waals surface area contributed by atoms with Crippen LogP contribution >= 0.6 is 22.9 Å². The highest BCUT2D eigenvalue weighted by atomic mass is 35.5. The molecule has 124 valence electrons. The molecule has 0 spiro atoms. The van der Waals surface area contributed by atoms with E-state index in [9.17, 15) is 10.1 Å². The van der Waals surface area contributed by atoms with Crippen molar-refractivity contribution in [3.05, 3.63) is 75.1 Å². The van der Waals surface area contributed by atoms with Crippen molar-refractivity contribution >= 4 is 45.1 Å². The largest absolute Gasteiger partial charge is 0.396 e. The number of thiophene rings is 1. The van der Waals surface area contributed by atoms with Gasteiger partial charge < -0.3 is 11.1 Å². The number of benzene rings is 2. The van der Waals surface area contributed by atoms with Gasteiger partial charge in [0.15, 0.2) is 0 Å². The maximum Gasteiger partial charge on any atom is 0.205 e. The Balaban J connectivity index is 2.01. The number of nitrogens with two attached hydrogens (primary N) is 1. The van der Waals surface area contributed by atoms with Crippen molar-refractivity contribution in [2.45, 2.75) is 6.92 Å². The van der Waals surface area contributed by atoms with E-state index in [1.165, 1.54) is 11.3 Å². The quantitative estimate of drug-likeness (QED) is 0.626. The lowest BCUT2D eigenvalue weighted by Crippen LogP contribution is -2.02. The van der Waals surface area contributed by atoms with Gasteiger partial charge in [0.25, 0.3) is 0 Å². The minimum atomic E-state index is -0.228. The van der Waals surface area contributed by atoms with Gasteiger partial charge in [0, 0.05) is 16.3 Å². The summed E-state index contributed by atoms with van der Waals surface area (Å²) in [6.07, 6.45) is 0. The van der Waals surface area contributed by atoms with E-state index >= 15 is 0 Å². The SMILES string of the molecule is Cc1ccccc1Nc1sc(C(=O)c2ccc(Cl)cc2)c(N)c1C#N. The monoisotopic (exact) mass is 367 g/mol. The Morgan fingerprint density at radius 1 is 1.20 bits per heavy atom. The molecule has 0 aliphatic carbocycles. The van der Waals surface area contributed by atoms with Crippen molar-refractivity contribution in [3.63, 3.8) is 0 Å². The molecular formula is C19H14ClN3OS. The summed E-state index contributed by atoms with van der Waals surface area (Å²) in [5, 5.41) is 13.8. The molecule has 25 heavy (non-hydrogen) atoms. The summed E-state index contributed by atoms with van der Waals surface area (Å²) in [4.78, 5) is 13.1. The molecule has 6 heteroatoms. The van der Waals surface area contributed by atoms with Crippen LogP contribution in [0.15, 0.2) is 48.5 Å². The molecule has 3 aromatic rings. The predicted octanol–water partition coefficient (Wildman–Crippen LogP) is 5.14. The van der Waals surface area contributed by atoms with Gasteiger partial charge in [-0.15, -0.1) is 11.3 Å². The molecule has 3 rings (SSSR count). The molecule has 3 N–H and O–H groups in total. The van der Waals surface area contributed by atoms with E-state index in [1.54, 1.807) is 24.3 Å². The number of nitrogen functional groups attached to an aromatic ring is 1. The Labute approximate surface area is 154 Å². The van der Waals surface area contributed by atoms with Gasteiger partial charge in [-0.05, 0) is 42.8 Å². The molecule has 0 saturated carbocycles. The first-order chi connectivity index (χ1) is 12.0. The van der Waals surface area contributed by atoms with Crippen LogP contribution in [0, 0.1) is 18.3 Å². The number of ketones is 1. The minimum absolute atomic E-state index is 0.198. The van der Waals surface area contributed by atoms with E-state index in [0.29, 0.717) is 20.5 Å². The molecule has 0 atom stereocenters. The minimum Gasteiger partial charge on any atom is -0.396 e. The van der Waals surface area contributed by atoms with Gasteiger partial charge in [0.1, 0.15) is 21.5 Å². The van der Waals surface area contributed by atoms with Crippen LogP contribution in [0.1, 0.15) is 26.4 Å². The summed E-state index contributed by atoms with van der Waals surface area (Å²) < 4.78 is 0. The third-order valence-electron chi connectivity index (χ3n) is 3.76. The van der Waals surface area contributed by atoms with Crippen LogP contribution in [0.3, 0.4) is 0 Å². The van der Waals surface area contributed by atoms with Crippen LogP contribution in [0.2, 0.25) is 5.02 Å². The van der Waals surface area contributed by atoms with Gasteiger partial charge in [0.05, 0.1) is 5.69 Å². The molecule has 2 aromatic carbocycles. The summed E-state index contributed by atoms with van der Waals surface area (Å²) in [5.74, 6) is -0.228. The van der Waals surface area contributed by atoms with Crippen molar-refractivity contribution in [1.82, 2.24) is 0 Å². The fraction of sp³-hybridized carbons (Fsp3) is 0.0526. The average molecular weight is 368 g/mol. The number of aryl methyl sites for hydroxylation is 1. The second-order valence-electron chi connectivity index (χ2n) is 5.44. The lowest BCUT2D eigenvalue weighted by Gasteiger charge is -2.07. The number of nitrogens with zero attached hydrogens (tertiary/aromatic N) is 1. The zero-order valence-corrected chi connectivity index (χ0v) is 14.9. The zero-order valence-electron chi connectivity index (χ0n) is 13.3. The molecule has 4 nitrogen and oxygen atoms in total. The lowest BCUT2D eigenvalue weighted by molar-refractivity contribution is 0.104. The molecule has 1 heterocycles. The van der Waals surface area contributed by atoms with E-state index in [0.717, 1.165) is 11.3 Å². The van der Waals surface area contributed by atoms with E-state index in [-0.39, 0.29) is 17.0 Å². The van der Waals surface area contributed by atoms with E-state index in [2.05, 4.69) is 11.4 Å². The molecule has 0 unspecified atom stereocenters. The van der Waals surface area contributed by atoms with Crippen molar-refractivity contribution in [2.24, 2.45) is 0 Å². The number of para-hydroxylation sites is 1. The first-order valence-electron chi connectivity index (χ1n) is 7.46. The molecule has 0 amide bonds. The first kappa shape index (κ1) is 17.0. The molecule has 0 bridgehead atoms. The molecule has 0 aliphatic heterocycles. The Morgan fingerprint density at radius 2 is 1.88 bits per heavy atom. The summed E-state index contributed by atoms with van der Waals surface area (Å²) in [6, 6.07) is 16.4. The highest BCUT2D eigenvalue weighted by molar-refractivity contribution is 7.19. The zero-order chi connectivity index (χ0) is 18.0. The number of rotatable bonds is 4. The lowest BCUT2D eigenvalue weighted by atomic mass is 10.1. The number of nitrogens with one attached hydrogen (secondary N) is 1. The van der Waals surface area contributed by atoms with Crippen LogP contribution in [0.25, 0.3) is 0 Å². The topological polar surface area (TPSA) is 78.9 Å². The van der Waals surface area contributed by atoms with Crippen molar-refractivity contribution in [3.8, 4) is 6.07 Å². The molecule has 0 saturated heterocycles. The van der Waals surface area contributed by atoms with Gasteiger partial charge in [0.2, 0.25) is 5.78 Å².